The van der Waals surface area contributed by atoms with Crippen LogP contribution in [-0.2, 0) is 19.3 Å². The molecule has 154 valence electrons. The Morgan fingerprint density at radius 3 is 2.14 bits per heavy atom. The van der Waals surface area contributed by atoms with Gasteiger partial charge >= 0.3 is 0 Å². The number of phenols is 3. The summed E-state index contributed by atoms with van der Waals surface area (Å²) in [5.41, 5.74) is 5.48. The largest absolute Gasteiger partial charge is 0.508 e. The summed E-state index contributed by atoms with van der Waals surface area (Å²) < 4.78 is 6.08. The van der Waals surface area contributed by atoms with Crippen molar-refractivity contribution in [2.24, 2.45) is 0 Å². The van der Waals surface area contributed by atoms with E-state index in [0.29, 0.717) is 31.4 Å². The molecule has 2 aromatic carbocycles. The van der Waals surface area contributed by atoms with Crippen LogP contribution in [0.15, 0.2) is 47.6 Å². The Morgan fingerprint density at radius 2 is 1.48 bits per heavy atom. The number of phenolic OH excluding ortho intramolecular Hbond substituents is 3. The van der Waals surface area contributed by atoms with Crippen LogP contribution in [0, 0.1) is 0 Å². The van der Waals surface area contributed by atoms with Crippen molar-refractivity contribution in [1.29, 1.82) is 0 Å². The highest BCUT2D eigenvalue weighted by Gasteiger charge is 2.27. The Bertz CT molecular complexity index is 961. The van der Waals surface area contributed by atoms with Gasteiger partial charge in [0.05, 0.1) is 6.61 Å². The van der Waals surface area contributed by atoms with Crippen LogP contribution >= 0.6 is 0 Å². The van der Waals surface area contributed by atoms with Crippen LogP contribution in [0.25, 0.3) is 0 Å². The van der Waals surface area contributed by atoms with Crippen molar-refractivity contribution >= 4 is 0 Å². The lowest BCUT2D eigenvalue weighted by molar-refractivity contribution is 0.255. The molecule has 1 heterocycles. The van der Waals surface area contributed by atoms with E-state index in [1.54, 1.807) is 18.2 Å². The molecule has 0 saturated heterocycles. The van der Waals surface area contributed by atoms with Crippen LogP contribution in [-0.4, -0.2) is 21.9 Å². The van der Waals surface area contributed by atoms with Crippen molar-refractivity contribution in [3.05, 3.63) is 69.8 Å². The van der Waals surface area contributed by atoms with Gasteiger partial charge in [-0.3, -0.25) is 0 Å². The third kappa shape index (κ3) is 4.58. The van der Waals surface area contributed by atoms with Gasteiger partial charge in [0.1, 0.15) is 23.0 Å². The molecule has 0 amide bonds. The molecular weight excluding hydrogens is 364 g/mol. The Labute approximate surface area is 172 Å². The first kappa shape index (κ1) is 20.8. The molecule has 0 saturated carbocycles. The van der Waals surface area contributed by atoms with E-state index < -0.39 is 0 Å². The number of allylic oxidation sites excluding steroid dienone is 4. The highest BCUT2D eigenvalue weighted by Crippen LogP contribution is 2.43. The maximum absolute atomic E-state index is 10.8. The second kappa shape index (κ2) is 8.64. The predicted molar refractivity (Wildman–Crippen MR) is 116 cm³/mol. The second-order valence-electron chi connectivity index (χ2n) is 8.24. The molecule has 0 bridgehead atoms. The summed E-state index contributed by atoms with van der Waals surface area (Å²) >= 11 is 0. The van der Waals surface area contributed by atoms with Gasteiger partial charge in [0.2, 0.25) is 0 Å². The summed E-state index contributed by atoms with van der Waals surface area (Å²) in [5.74, 6) is 1.23. The Hall–Kier alpha value is -2.88. The molecule has 4 heteroatoms. The molecular formula is C25H30O4. The number of fused-ring (bicyclic) bond motifs is 1. The van der Waals surface area contributed by atoms with E-state index in [4.69, 9.17) is 4.74 Å². The highest BCUT2D eigenvalue weighted by molar-refractivity contribution is 5.55. The average molecular weight is 395 g/mol. The maximum Gasteiger partial charge on any atom is 0.129 e. The molecule has 0 fully saturated rings. The third-order valence-electron chi connectivity index (χ3n) is 5.37. The minimum atomic E-state index is -0.0191. The van der Waals surface area contributed by atoms with Gasteiger partial charge in [0.15, 0.2) is 0 Å². The Morgan fingerprint density at radius 1 is 0.897 bits per heavy atom. The maximum atomic E-state index is 10.8. The lowest BCUT2D eigenvalue weighted by Gasteiger charge is -2.28. The minimum Gasteiger partial charge on any atom is -0.508 e. The van der Waals surface area contributed by atoms with Crippen molar-refractivity contribution in [2.75, 3.05) is 6.61 Å². The minimum absolute atomic E-state index is 0.0191. The van der Waals surface area contributed by atoms with Crippen LogP contribution in [0.2, 0.25) is 0 Å². The quantitative estimate of drug-likeness (QED) is 0.582. The summed E-state index contributed by atoms with van der Waals surface area (Å²) in [6.45, 7) is 8.46. The molecule has 2 aromatic rings. The molecule has 0 radical (unpaired) electrons. The van der Waals surface area contributed by atoms with Crippen LogP contribution in [0.5, 0.6) is 23.0 Å². The van der Waals surface area contributed by atoms with Crippen LogP contribution in [0.4, 0.5) is 0 Å². The zero-order valence-corrected chi connectivity index (χ0v) is 17.6. The molecule has 0 spiro atoms. The van der Waals surface area contributed by atoms with Crippen molar-refractivity contribution in [2.45, 2.75) is 52.9 Å². The van der Waals surface area contributed by atoms with Gasteiger partial charge in [-0.15, -0.1) is 0 Å². The summed E-state index contributed by atoms with van der Waals surface area (Å²) in [6, 6.07) is 7.04. The van der Waals surface area contributed by atoms with E-state index in [9.17, 15) is 15.3 Å². The van der Waals surface area contributed by atoms with Gasteiger partial charge in [-0.2, -0.15) is 0 Å². The Balaban J connectivity index is 1.92. The van der Waals surface area contributed by atoms with Gasteiger partial charge in [-0.25, -0.2) is 0 Å². The smallest absolute Gasteiger partial charge is 0.129 e. The van der Waals surface area contributed by atoms with Gasteiger partial charge < -0.3 is 20.1 Å². The fourth-order valence-electron chi connectivity index (χ4n) is 3.70. The highest BCUT2D eigenvalue weighted by atomic mass is 16.5. The molecule has 3 rings (SSSR count). The number of rotatable bonds is 5. The van der Waals surface area contributed by atoms with Gasteiger partial charge in [-0.05, 0) is 64.7 Å². The van der Waals surface area contributed by atoms with Crippen molar-refractivity contribution in [3.8, 4) is 23.0 Å². The number of ether oxygens (including phenoxy) is 1. The predicted octanol–water partition coefficient (Wildman–Crippen LogP) is 5.54. The lowest BCUT2D eigenvalue weighted by atomic mass is 9.86. The molecule has 0 unspecified atom stereocenters. The van der Waals surface area contributed by atoms with E-state index in [-0.39, 0.29) is 23.2 Å². The van der Waals surface area contributed by atoms with Gasteiger partial charge in [0.25, 0.3) is 0 Å². The molecule has 0 aliphatic carbocycles. The van der Waals surface area contributed by atoms with Crippen molar-refractivity contribution < 1.29 is 20.1 Å². The summed E-state index contributed by atoms with van der Waals surface area (Å²) in [7, 11) is 0. The zero-order chi connectivity index (χ0) is 21.1. The first-order valence-electron chi connectivity index (χ1n) is 10.0. The second-order valence-corrected chi connectivity index (χ2v) is 8.24. The molecule has 3 N–H and O–H groups in total. The van der Waals surface area contributed by atoms with Crippen LogP contribution in [0.3, 0.4) is 0 Å². The fraction of sp³-hybridized carbons (Fsp3) is 0.360. The fourth-order valence-corrected chi connectivity index (χ4v) is 3.70. The molecule has 4 nitrogen and oxygen atoms in total. The molecule has 0 aromatic heterocycles. The van der Waals surface area contributed by atoms with Crippen LogP contribution < -0.4 is 4.74 Å². The van der Waals surface area contributed by atoms with E-state index in [1.165, 1.54) is 5.57 Å². The average Bonchev–Trinajstić information content (AvgIpc) is 2.66. The molecule has 1 aliphatic rings. The zero-order valence-electron chi connectivity index (χ0n) is 17.6. The Kier molecular flexibility index (Phi) is 6.21. The summed E-state index contributed by atoms with van der Waals surface area (Å²) in [5, 5.41) is 31.3. The topological polar surface area (TPSA) is 69.9 Å². The van der Waals surface area contributed by atoms with E-state index in [2.05, 4.69) is 6.08 Å². The van der Waals surface area contributed by atoms with Crippen molar-refractivity contribution in [3.63, 3.8) is 0 Å². The number of benzene rings is 2. The monoisotopic (exact) mass is 394 g/mol. The van der Waals surface area contributed by atoms with E-state index in [1.807, 2.05) is 39.8 Å². The van der Waals surface area contributed by atoms with Crippen LogP contribution in [0.1, 0.15) is 55.9 Å². The SMILES string of the molecule is CC(C)=CCc1c(O)ccc([C@H]2COc3c(ccc(O)c3CC=C(C)C)C2)c1O. The molecule has 1 aliphatic heterocycles. The normalized spacial score (nSPS) is 15.2. The molecule has 29 heavy (non-hydrogen) atoms. The van der Waals surface area contributed by atoms with Crippen molar-refractivity contribution in [1.82, 2.24) is 0 Å². The first-order valence-corrected chi connectivity index (χ1v) is 10.0. The first-order chi connectivity index (χ1) is 13.8. The molecule has 1 atom stereocenters. The van der Waals surface area contributed by atoms with E-state index in [0.717, 1.165) is 28.0 Å². The number of aromatic hydroxyl groups is 3. The van der Waals surface area contributed by atoms with Gasteiger partial charge in [0, 0.05) is 22.6 Å². The lowest BCUT2D eigenvalue weighted by Crippen LogP contribution is -2.20. The summed E-state index contributed by atoms with van der Waals surface area (Å²) in [4.78, 5) is 0. The third-order valence-corrected chi connectivity index (χ3v) is 5.37. The van der Waals surface area contributed by atoms with E-state index >= 15 is 0 Å². The summed E-state index contributed by atoms with van der Waals surface area (Å²) in [6.07, 6.45) is 5.88. The number of hydrogen-bond donors (Lipinski definition) is 3. The standard InChI is InChI=1S/C25H30O4/c1-15(2)5-8-20-22(26)12-10-19(24(20)28)18-13-17-7-11-23(27)21(9-6-16(3)4)25(17)29-14-18/h5-7,10-12,18,26-28H,8-9,13-14H2,1-4H3/t18-/m1/s1. The number of hydrogen-bond acceptors (Lipinski definition) is 4. The van der Waals surface area contributed by atoms with Gasteiger partial charge in [-0.1, -0.05) is 35.4 Å².